The Balaban J connectivity index is 0.000000386. The molecule has 0 atom stereocenters. The lowest BCUT2D eigenvalue weighted by Gasteiger charge is -2.19. The van der Waals surface area contributed by atoms with Gasteiger partial charge in [-0.3, -0.25) is 10.2 Å². The smallest absolute Gasteiger partial charge is 0.229 e. The zero-order chi connectivity index (χ0) is 25.4. The molecule has 0 unspecified atom stereocenters. The van der Waals surface area contributed by atoms with E-state index in [4.69, 9.17) is 9.47 Å². The molecule has 2 aromatic carbocycles. The molecule has 0 aliphatic heterocycles. The van der Waals surface area contributed by atoms with Gasteiger partial charge in [0.15, 0.2) is 5.82 Å². The number of aromatic nitrogens is 3. The maximum atomic E-state index is 10.6. The Morgan fingerprint density at radius 2 is 1.66 bits per heavy atom. The number of phenols is 1. The molecule has 0 fully saturated rings. The predicted octanol–water partition coefficient (Wildman–Crippen LogP) is 5.72. The van der Waals surface area contributed by atoms with Gasteiger partial charge in [-0.25, -0.2) is 10.0 Å². The molecule has 0 bridgehead atoms. The molecule has 184 valence electrons. The summed E-state index contributed by atoms with van der Waals surface area (Å²) in [5, 5.41) is 23.8. The molecule has 9 heteroatoms. The maximum absolute atomic E-state index is 10.6. The number of benzene rings is 2. The van der Waals surface area contributed by atoms with Crippen LogP contribution in [0.4, 0.5) is 23.1 Å². The molecular weight excluding hydrogens is 446 g/mol. The highest BCUT2D eigenvalue weighted by atomic mass is 16.5. The van der Waals surface area contributed by atoms with Crippen molar-refractivity contribution in [3.05, 3.63) is 83.8 Å². The van der Waals surface area contributed by atoms with Crippen LogP contribution in [-0.4, -0.2) is 39.5 Å². The largest absolute Gasteiger partial charge is 0.507 e. The fraction of sp³-hybridized carbons (Fsp3) is 0.192. The van der Waals surface area contributed by atoms with Crippen molar-refractivity contribution < 1.29 is 21.2 Å². The number of rotatable bonds is 6. The van der Waals surface area contributed by atoms with Crippen molar-refractivity contribution in [3.8, 4) is 17.2 Å². The van der Waals surface area contributed by atoms with Crippen LogP contribution in [0.15, 0.2) is 67.0 Å². The molecule has 4 aromatic rings. The zero-order valence-corrected chi connectivity index (χ0v) is 20.4. The maximum Gasteiger partial charge on any atom is 0.229 e. The monoisotopic (exact) mass is 477 g/mol. The van der Waals surface area contributed by atoms with Crippen molar-refractivity contribution in [3.63, 3.8) is 0 Å². The fourth-order valence-electron chi connectivity index (χ4n) is 3.09. The number of ether oxygens (including phenoxy) is 2. The number of methoxy groups -OCH3 is 2. The number of pyridine rings is 1. The third-order valence-electron chi connectivity index (χ3n) is 5.08. The SMILES string of the molecule is COc1ccc(N(O)c2ccnc(Nc3ccc(C)nc3)n2)c(OC)c1.Cc1cccc(C)c1O.[HH]. The van der Waals surface area contributed by atoms with Crippen LogP contribution in [0.25, 0.3) is 0 Å². The van der Waals surface area contributed by atoms with Gasteiger partial charge in [-0.05, 0) is 56.2 Å². The van der Waals surface area contributed by atoms with Gasteiger partial charge in [-0.15, -0.1) is 0 Å². The van der Waals surface area contributed by atoms with Crippen LogP contribution in [0, 0.1) is 20.8 Å². The van der Waals surface area contributed by atoms with Gasteiger partial charge in [-0.1, -0.05) is 18.2 Å². The van der Waals surface area contributed by atoms with E-state index in [-0.39, 0.29) is 7.24 Å². The highest BCUT2D eigenvalue weighted by Crippen LogP contribution is 2.34. The molecule has 0 saturated heterocycles. The first-order chi connectivity index (χ1) is 16.8. The van der Waals surface area contributed by atoms with E-state index < -0.39 is 0 Å². The number of para-hydroxylation sites is 1. The van der Waals surface area contributed by atoms with Crippen LogP contribution >= 0.6 is 0 Å². The molecule has 3 N–H and O–H groups in total. The second-order valence-electron chi connectivity index (χ2n) is 7.64. The molecule has 35 heavy (non-hydrogen) atoms. The van der Waals surface area contributed by atoms with Gasteiger partial charge in [0.2, 0.25) is 5.95 Å². The van der Waals surface area contributed by atoms with Gasteiger partial charge < -0.3 is 19.9 Å². The highest BCUT2D eigenvalue weighted by molar-refractivity contribution is 5.67. The molecule has 0 aliphatic rings. The molecule has 0 amide bonds. The van der Waals surface area contributed by atoms with Crippen molar-refractivity contribution in [2.45, 2.75) is 20.8 Å². The lowest BCUT2D eigenvalue weighted by Crippen LogP contribution is -2.14. The van der Waals surface area contributed by atoms with Gasteiger partial charge in [0.1, 0.15) is 22.9 Å². The van der Waals surface area contributed by atoms with Crippen LogP contribution in [-0.2, 0) is 0 Å². The Morgan fingerprint density at radius 1 is 0.914 bits per heavy atom. The molecule has 0 saturated carbocycles. The van der Waals surface area contributed by atoms with Crippen molar-refractivity contribution in [2.24, 2.45) is 0 Å². The first-order valence-corrected chi connectivity index (χ1v) is 10.8. The normalized spacial score (nSPS) is 10.1. The molecule has 9 nitrogen and oxygen atoms in total. The van der Waals surface area contributed by atoms with E-state index >= 15 is 0 Å². The van der Waals surface area contributed by atoms with E-state index in [0.717, 1.165) is 27.6 Å². The Morgan fingerprint density at radius 3 is 2.26 bits per heavy atom. The topological polar surface area (TPSA) is 113 Å². The van der Waals surface area contributed by atoms with Gasteiger partial charge in [0.25, 0.3) is 0 Å². The average Bonchev–Trinajstić information content (AvgIpc) is 2.88. The molecule has 4 rings (SSSR count). The van der Waals surface area contributed by atoms with Crippen LogP contribution in [0.2, 0.25) is 0 Å². The number of aryl methyl sites for hydroxylation is 3. The third-order valence-corrected chi connectivity index (χ3v) is 5.08. The quantitative estimate of drug-likeness (QED) is 0.300. The van der Waals surface area contributed by atoms with Crippen molar-refractivity contribution >= 4 is 23.1 Å². The van der Waals surface area contributed by atoms with Crippen molar-refractivity contribution in [1.82, 2.24) is 15.0 Å². The summed E-state index contributed by atoms with van der Waals surface area (Å²) in [5.41, 5.74) is 3.97. The fourth-order valence-corrected chi connectivity index (χ4v) is 3.09. The number of anilines is 4. The first-order valence-electron chi connectivity index (χ1n) is 10.8. The third kappa shape index (κ3) is 6.58. The van der Waals surface area contributed by atoms with E-state index in [1.165, 1.54) is 7.11 Å². The van der Waals surface area contributed by atoms with Gasteiger partial charge in [0, 0.05) is 25.5 Å². The second-order valence-corrected chi connectivity index (χ2v) is 7.64. The molecular formula is C26H31N5O4. The summed E-state index contributed by atoms with van der Waals surface area (Å²) in [6, 6.07) is 16.1. The highest BCUT2D eigenvalue weighted by Gasteiger charge is 2.15. The van der Waals surface area contributed by atoms with Crippen molar-refractivity contribution in [1.29, 1.82) is 0 Å². The number of aromatic hydroxyl groups is 1. The van der Waals surface area contributed by atoms with E-state index in [0.29, 0.717) is 28.9 Å². The molecule has 2 aromatic heterocycles. The van der Waals surface area contributed by atoms with Crippen LogP contribution in [0.1, 0.15) is 18.2 Å². The Kier molecular flexibility index (Phi) is 8.42. The van der Waals surface area contributed by atoms with Gasteiger partial charge >= 0.3 is 0 Å². The number of phenolic OH excluding ortho intramolecular Hbond substituents is 1. The Bertz CT molecular complexity index is 1250. The summed E-state index contributed by atoms with van der Waals surface area (Å²) in [6.45, 7) is 5.69. The number of nitrogens with one attached hydrogen (secondary N) is 1. The molecule has 2 heterocycles. The summed E-state index contributed by atoms with van der Waals surface area (Å²) in [5.74, 6) is 2.10. The minimum Gasteiger partial charge on any atom is -0.507 e. The van der Waals surface area contributed by atoms with E-state index in [9.17, 15) is 10.3 Å². The summed E-state index contributed by atoms with van der Waals surface area (Å²) in [4.78, 5) is 12.7. The van der Waals surface area contributed by atoms with E-state index in [2.05, 4.69) is 20.3 Å². The van der Waals surface area contributed by atoms with Crippen LogP contribution in [0.3, 0.4) is 0 Å². The van der Waals surface area contributed by atoms with Crippen LogP contribution < -0.4 is 19.9 Å². The van der Waals surface area contributed by atoms with Gasteiger partial charge in [0.05, 0.1) is 26.1 Å². The lowest BCUT2D eigenvalue weighted by atomic mass is 10.1. The summed E-state index contributed by atoms with van der Waals surface area (Å²) in [6.07, 6.45) is 3.24. The van der Waals surface area contributed by atoms with Crippen LogP contribution in [0.5, 0.6) is 17.2 Å². The lowest BCUT2D eigenvalue weighted by molar-refractivity contribution is 0.291. The van der Waals surface area contributed by atoms with Crippen molar-refractivity contribution in [2.75, 3.05) is 24.6 Å². The molecule has 0 spiro atoms. The summed E-state index contributed by atoms with van der Waals surface area (Å²) < 4.78 is 10.5. The molecule has 0 aliphatic carbocycles. The zero-order valence-electron chi connectivity index (χ0n) is 20.4. The summed E-state index contributed by atoms with van der Waals surface area (Å²) in [7, 11) is 3.08. The van der Waals surface area contributed by atoms with E-state index in [1.54, 1.807) is 43.8 Å². The van der Waals surface area contributed by atoms with E-state index in [1.807, 2.05) is 51.1 Å². The standard InChI is InChI=1S/C18H19N5O3.C8H10O.H2/c1-12-4-5-13(11-20-12)21-18-19-9-8-17(22-18)23(24)15-7-6-14(25-2)10-16(15)26-3;1-6-4-3-5-7(2)8(6)9;/h4-11,24H,1-3H3,(H,19,21,22);3-5,9H,1-2H3;1H. The Hall–Kier alpha value is -4.37. The number of hydrogen-bond donors (Lipinski definition) is 3. The second kappa shape index (κ2) is 11.7. The molecule has 0 radical (unpaired) electrons. The Labute approximate surface area is 206 Å². The average molecular weight is 478 g/mol. The predicted molar refractivity (Wildman–Crippen MR) is 137 cm³/mol. The number of nitrogens with zero attached hydrogens (tertiary/aromatic N) is 4. The minimum atomic E-state index is 0. The first kappa shape index (κ1) is 25.3. The number of hydrogen-bond acceptors (Lipinski definition) is 9. The minimum absolute atomic E-state index is 0. The summed E-state index contributed by atoms with van der Waals surface area (Å²) >= 11 is 0. The van der Waals surface area contributed by atoms with Gasteiger partial charge in [-0.2, -0.15) is 4.98 Å².